The van der Waals surface area contributed by atoms with Crippen LogP contribution < -0.4 is 11.5 Å². The number of rotatable bonds is 1. The molecule has 0 aromatic carbocycles. The van der Waals surface area contributed by atoms with Crippen LogP contribution in [-0.2, 0) is 7.05 Å². The first-order valence-corrected chi connectivity index (χ1v) is 4.46. The summed E-state index contributed by atoms with van der Waals surface area (Å²) in [6.07, 6.45) is 5.29. The van der Waals surface area contributed by atoms with E-state index in [0.29, 0.717) is 0 Å². The summed E-state index contributed by atoms with van der Waals surface area (Å²) in [4.78, 5) is 0. The van der Waals surface area contributed by atoms with Crippen molar-refractivity contribution in [1.29, 1.82) is 0 Å². The predicted octanol–water partition coefficient (Wildman–Crippen LogP) is 1.87. The van der Waals surface area contributed by atoms with Crippen LogP contribution in [0.15, 0.2) is 12.4 Å². The van der Waals surface area contributed by atoms with E-state index in [1.807, 2.05) is 44.7 Å². The Morgan fingerprint density at radius 2 is 1.92 bits per heavy atom. The van der Waals surface area contributed by atoms with E-state index in [1.165, 1.54) is 6.20 Å². The Morgan fingerprint density at radius 3 is 2.23 bits per heavy atom. The normalized spacial score (nSPS) is 9.85. The van der Waals surface area contributed by atoms with Gasteiger partial charge in [-0.1, -0.05) is 13.8 Å². The molecule has 0 aliphatic heterocycles. The Balaban J connectivity index is 0.000000671. The van der Waals surface area contributed by atoms with E-state index in [9.17, 15) is 0 Å². The van der Waals surface area contributed by atoms with Gasteiger partial charge in [0.1, 0.15) is 5.82 Å². The summed E-state index contributed by atoms with van der Waals surface area (Å²) < 4.78 is 1.88. The lowest BCUT2D eigenvalue weighted by Gasteiger charge is -1.95. The third-order valence-corrected chi connectivity index (χ3v) is 1.73. The van der Waals surface area contributed by atoms with E-state index in [2.05, 4.69) is 0 Å². The van der Waals surface area contributed by atoms with Crippen molar-refractivity contribution in [1.82, 2.24) is 4.57 Å². The molecule has 0 fully saturated rings. The fourth-order valence-corrected chi connectivity index (χ4v) is 1.13. The Morgan fingerprint density at radius 1 is 1.38 bits per heavy atom. The standard InChI is InChI=1S/C8H13N3.C2H6/c1-6-5-11(2)8(10)7(6)3-4-9;1-2/h3-5H,9-10H2,1-2H3;1-2H3/b4-3-;. The molecule has 0 aliphatic rings. The lowest BCUT2D eigenvalue weighted by Crippen LogP contribution is -1.95. The zero-order chi connectivity index (χ0) is 10.4. The van der Waals surface area contributed by atoms with Gasteiger partial charge in [-0.3, -0.25) is 0 Å². The van der Waals surface area contributed by atoms with Gasteiger partial charge in [0.25, 0.3) is 0 Å². The molecule has 0 atom stereocenters. The lowest BCUT2D eigenvalue weighted by molar-refractivity contribution is 0.937. The highest BCUT2D eigenvalue weighted by Gasteiger charge is 2.03. The van der Waals surface area contributed by atoms with Crippen LogP contribution >= 0.6 is 0 Å². The molecule has 4 N–H and O–H groups in total. The van der Waals surface area contributed by atoms with Crippen molar-refractivity contribution < 1.29 is 0 Å². The topological polar surface area (TPSA) is 57.0 Å². The molecule has 1 aromatic rings. The van der Waals surface area contributed by atoms with Gasteiger partial charge < -0.3 is 16.0 Å². The first-order chi connectivity index (χ1) is 6.16. The fourth-order valence-electron chi connectivity index (χ4n) is 1.13. The number of aromatic nitrogens is 1. The van der Waals surface area contributed by atoms with Crippen molar-refractivity contribution in [3.8, 4) is 0 Å². The van der Waals surface area contributed by atoms with Crippen molar-refractivity contribution in [2.75, 3.05) is 5.73 Å². The number of nitrogens with two attached hydrogens (primary N) is 2. The Bertz CT molecular complexity index is 285. The second-order valence-corrected chi connectivity index (χ2v) is 2.58. The van der Waals surface area contributed by atoms with Crippen LogP contribution in [0.25, 0.3) is 6.08 Å². The molecule has 0 spiro atoms. The smallest absolute Gasteiger partial charge is 0.110 e. The second-order valence-electron chi connectivity index (χ2n) is 2.58. The van der Waals surface area contributed by atoms with Crippen LogP contribution in [0.5, 0.6) is 0 Å². The van der Waals surface area contributed by atoms with Gasteiger partial charge in [-0.2, -0.15) is 0 Å². The SMILES string of the molecule is CC.Cc1cn(C)c(N)c1/C=C\N. The maximum absolute atomic E-state index is 5.75. The zero-order valence-electron chi connectivity index (χ0n) is 8.83. The summed E-state index contributed by atoms with van der Waals surface area (Å²) in [5, 5.41) is 0. The van der Waals surface area contributed by atoms with Crippen LogP contribution in [0, 0.1) is 6.92 Å². The molecule has 0 unspecified atom stereocenters. The minimum Gasteiger partial charge on any atom is -0.405 e. The third-order valence-electron chi connectivity index (χ3n) is 1.73. The van der Waals surface area contributed by atoms with E-state index < -0.39 is 0 Å². The minimum atomic E-state index is 0.754. The highest BCUT2D eigenvalue weighted by atomic mass is 15.0. The van der Waals surface area contributed by atoms with Crippen molar-refractivity contribution in [3.63, 3.8) is 0 Å². The lowest BCUT2D eigenvalue weighted by atomic mass is 10.2. The molecular formula is C10H19N3. The Hall–Kier alpha value is -1.38. The monoisotopic (exact) mass is 181 g/mol. The van der Waals surface area contributed by atoms with Crippen LogP contribution in [0.3, 0.4) is 0 Å². The van der Waals surface area contributed by atoms with Crippen molar-refractivity contribution in [3.05, 3.63) is 23.5 Å². The second kappa shape index (κ2) is 5.30. The van der Waals surface area contributed by atoms with Crippen LogP contribution in [0.4, 0.5) is 5.82 Å². The summed E-state index contributed by atoms with van der Waals surface area (Å²) in [5.74, 6) is 0.754. The van der Waals surface area contributed by atoms with Gasteiger partial charge in [0.15, 0.2) is 0 Å². The van der Waals surface area contributed by atoms with Gasteiger partial charge in [0, 0.05) is 18.8 Å². The summed E-state index contributed by atoms with van der Waals surface area (Å²) >= 11 is 0. The number of aryl methyl sites for hydroxylation is 2. The molecule has 3 nitrogen and oxygen atoms in total. The molecule has 74 valence electrons. The zero-order valence-corrected chi connectivity index (χ0v) is 8.83. The van der Waals surface area contributed by atoms with Gasteiger partial charge >= 0.3 is 0 Å². The first-order valence-electron chi connectivity index (χ1n) is 4.46. The van der Waals surface area contributed by atoms with E-state index in [4.69, 9.17) is 11.5 Å². The summed E-state index contributed by atoms with van der Waals surface area (Å²) in [7, 11) is 1.91. The van der Waals surface area contributed by atoms with E-state index >= 15 is 0 Å². The summed E-state index contributed by atoms with van der Waals surface area (Å²) in [5.41, 5.74) is 13.2. The maximum Gasteiger partial charge on any atom is 0.110 e. The highest BCUT2D eigenvalue weighted by Crippen LogP contribution is 2.18. The molecule has 0 aliphatic carbocycles. The Kier molecular flexibility index (Phi) is 4.74. The van der Waals surface area contributed by atoms with E-state index in [-0.39, 0.29) is 0 Å². The molecular weight excluding hydrogens is 162 g/mol. The number of hydrogen-bond donors (Lipinski definition) is 2. The Labute approximate surface area is 80.0 Å². The summed E-state index contributed by atoms with van der Waals surface area (Å²) in [6.45, 7) is 6.01. The van der Waals surface area contributed by atoms with Crippen LogP contribution in [-0.4, -0.2) is 4.57 Å². The number of hydrogen-bond acceptors (Lipinski definition) is 2. The highest BCUT2D eigenvalue weighted by molar-refractivity contribution is 5.65. The van der Waals surface area contributed by atoms with Crippen LogP contribution in [0.1, 0.15) is 25.0 Å². The quantitative estimate of drug-likeness (QED) is 0.695. The average molecular weight is 181 g/mol. The van der Waals surface area contributed by atoms with E-state index in [0.717, 1.165) is 16.9 Å². The first kappa shape index (κ1) is 11.6. The number of nitrogens with zero attached hydrogens (tertiary/aromatic N) is 1. The molecule has 0 saturated heterocycles. The molecule has 0 amide bonds. The molecule has 3 heteroatoms. The maximum atomic E-state index is 5.75. The van der Waals surface area contributed by atoms with Gasteiger partial charge in [-0.15, -0.1) is 0 Å². The van der Waals surface area contributed by atoms with Crippen molar-refractivity contribution >= 4 is 11.9 Å². The molecule has 1 aromatic heterocycles. The summed E-state index contributed by atoms with van der Waals surface area (Å²) in [6, 6.07) is 0. The molecule has 13 heavy (non-hydrogen) atoms. The minimum absolute atomic E-state index is 0.754. The third kappa shape index (κ3) is 2.54. The number of nitrogen functional groups attached to an aromatic ring is 1. The predicted molar refractivity (Wildman–Crippen MR) is 59.1 cm³/mol. The van der Waals surface area contributed by atoms with Gasteiger partial charge in [-0.05, 0) is 24.8 Å². The van der Waals surface area contributed by atoms with Gasteiger partial charge in [0.05, 0.1) is 0 Å². The van der Waals surface area contributed by atoms with Crippen molar-refractivity contribution in [2.45, 2.75) is 20.8 Å². The molecule has 0 radical (unpaired) electrons. The van der Waals surface area contributed by atoms with Gasteiger partial charge in [-0.25, -0.2) is 0 Å². The van der Waals surface area contributed by atoms with E-state index in [1.54, 1.807) is 0 Å². The molecule has 0 bridgehead atoms. The number of anilines is 1. The fraction of sp³-hybridized carbons (Fsp3) is 0.400. The molecule has 1 rings (SSSR count). The molecule has 1 heterocycles. The van der Waals surface area contributed by atoms with Crippen LogP contribution in [0.2, 0.25) is 0 Å². The average Bonchev–Trinajstić information content (AvgIpc) is 2.36. The molecule has 0 saturated carbocycles. The van der Waals surface area contributed by atoms with Gasteiger partial charge in [0.2, 0.25) is 0 Å². The largest absolute Gasteiger partial charge is 0.405 e. The van der Waals surface area contributed by atoms with Crippen molar-refractivity contribution in [2.24, 2.45) is 12.8 Å².